The van der Waals surface area contributed by atoms with E-state index in [2.05, 4.69) is 16.4 Å². The van der Waals surface area contributed by atoms with E-state index < -0.39 is 11.7 Å². The Bertz CT molecular complexity index is 1070. The fourth-order valence-electron chi connectivity index (χ4n) is 2.89. The van der Waals surface area contributed by atoms with Crippen LogP contribution in [0.4, 0.5) is 13.2 Å². The van der Waals surface area contributed by atoms with Crippen molar-refractivity contribution in [3.8, 4) is 11.3 Å². The van der Waals surface area contributed by atoms with Crippen LogP contribution in [0.15, 0.2) is 72.9 Å². The molecule has 0 atom stereocenters. The van der Waals surface area contributed by atoms with Crippen molar-refractivity contribution in [2.45, 2.75) is 12.7 Å². The quantitative estimate of drug-likeness (QED) is 0.509. The minimum Gasteiger partial charge on any atom is -0.247 e. The maximum Gasteiger partial charge on any atom is 0.416 e. The van der Waals surface area contributed by atoms with Crippen LogP contribution in [0.5, 0.6) is 0 Å². The van der Waals surface area contributed by atoms with Crippen molar-refractivity contribution in [2.75, 3.05) is 0 Å². The molecule has 0 unspecified atom stereocenters. The van der Waals surface area contributed by atoms with Crippen molar-refractivity contribution >= 4 is 10.8 Å². The molecule has 0 bridgehead atoms. The van der Waals surface area contributed by atoms with Gasteiger partial charge in [0, 0.05) is 5.56 Å². The summed E-state index contributed by atoms with van der Waals surface area (Å²) in [5.74, 6) is 0. The first-order chi connectivity index (χ1) is 12.5. The molecule has 4 rings (SSSR count). The average Bonchev–Trinajstić information content (AvgIpc) is 3.09. The van der Waals surface area contributed by atoms with E-state index in [1.54, 1.807) is 16.9 Å². The maximum atomic E-state index is 12.9. The van der Waals surface area contributed by atoms with E-state index in [0.717, 1.165) is 28.5 Å². The smallest absolute Gasteiger partial charge is 0.247 e. The summed E-state index contributed by atoms with van der Waals surface area (Å²) in [5, 5.41) is 10.3. The third-order valence-electron chi connectivity index (χ3n) is 4.18. The molecule has 0 radical (unpaired) electrons. The molecular weight excluding hydrogens is 339 g/mol. The Balaban J connectivity index is 1.60. The van der Waals surface area contributed by atoms with E-state index in [1.165, 1.54) is 6.07 Å². The highest BCUT2D eigenvalue weighted by Gasteiger charge is 2.30. The Labute approximate surface area is 147 Å². The summed E-state index contributed by atoms with van der Waals surface area (Å²) < 4.78 is 40.2. The number of rotatable bonds is 3. The van der Waals surface area contributed by atoms with Gasteiger partial charge in [-0.2, -0.15) is 13.2 Å². The Morgan fingerprint density at radius 1 is 0.846 bits per heavy atom. The highest BCUT2D eigenvalue weighted by molar-refractivity contribution is 5.82. The fraction of sp³-hybridized carbons (Fsp3) is 0.100. The van der Waals surface area contributed by atoms with Crippen molar-refractivity contribution < 1.29 is 13.2 Å². The zero-order chi connectivity index (χ0) is 18.1. The molecule has 130 valence electrons. The van der Waals surface area contributed by atoms with Crippen molar-refractivity contribution in [3.05, 3.63) is 84.1 Å². The van der Waals surface area contributed by atoms with Crippen LogP contribution in [0.2, 0.25) is 0 Å². The molecule has 4 aromatic rings. The number of aromatic nitrogens is 3. The van der Waals surface area contributed by atoms with Crippen LogP contribution in [0.1, 0.15) is 11.1 Å². The summed E-state index contributed by atoms with van der Waals surface area (Å²) >= 11 is 0. The largest absolute Gasteiger partial charge is 0.416 e. The van der Waals surface area contributed by atoms with E-state index in [1.807, 2.05) is 36.4 Å². The zero-order valence-electron chi connectivity index (χ0n) is 13.6. The van der Waals surface area contributed by atoms with Crippen molar-refractivity contribution in [1.82, 2.24) is 15.0 Å². The van der Waals surface area contributed by atoms with Crippen LogP contribution in [-0.4, -0.2) is 15.0 Å². The summed E-state index contributed by atoms with van der Waals surface area (Å²) in [4.78, 5) is 0. The van der Waals surface area contributed by atoms with E-state index in [9.17, 15) is 13.2 Å². The molecule has 3 nitrogen and oxygen atoms in total. The third-order valence-corrected chi connectivity index (χ3v) is 4.18. The molecule has 0 saturated carbocycles. The van der Waals surface area contributed by atoms with E-state index in [-0.39, 0.29) is 0 Å². The van der Waals surface area contributed by atoms with Gasteiger partial charge in [0.25, 0.3) is 0 Å². The van der Waals surface area contributed by atoms with Gasteiger partial charge in [-0.3, -0.25) is 0 Å². The van der Waals surface area contributed by atoms with Crippen LogP contribution in [0.25, 0.3) is 22.0 Å². The Morgan fingerprint density at radius 3 is 2.46 bits per heavy atom. The molecule has 0 fully saturated rings. The summed E-state index contributed by atoms with van der Waals surface area (Å²) in [6.07, 6.45) is -2.72. The minimum atomic E-state index is -4.38. The Hall–Kier alpha value is -3.15. The first-order valence-corrected chi connectivity index (χ1v) is 8.04. The first-order valence-electron chi connectivity index (χ1n) is 8.04. The number of fused-ring (bicyclic) bond motifs is 1. The van der Waals surface area contributed by atoms with E-state index >= 15 is 0 Å². The van der Waals surface area contributed by atoms with Gasteiger partial charge in [-0.05, 0) is 34.5 Å². The lowest BCUT2D eigenvalue weighted by Crippen LogP contribution is -2.04. The second-order valence-electron chi connectivity index (χ2n) is 6.06. The highest BCUT2D eigenvalue weighted by Crippen LogP contribution is 2.31. The number of alkyl halides is 3. The van der Waals surface area contributed by atoms with Gasteiger partial charge in [0.05, 0.1) is 18.3 Å². The molecule has 0 aliphatic heterocycles. The monoisotopic (exact) mass is 353 g/mol. The SMILES string of the molecule is FC(F)(F)c1cccc(-c2cn(Cc3ccc4ccccc4c3)nn2)c1. The molecule has 3 aromatic carbocycles. The molecule has 0 N–H and O–H groups in total. The fourth-order valence-corrected chi connectivity index (χ4v) is 2.89. The molecule has 0 aliphatic carbocycles. The lowest BCUT2D eigenvalue weighted by atomic mass is 10.1. The molecule has 0 spiro atoms. The number of hydrogen-bond acceptors (Lipinski definition) is 2. The molecule has 1 heterocycles. The summed E-state index contributed by atoms with van der Waals surface area (Å²) in [6.45, 7) is 0.497. The zero-order valence-corrected chi connectivity index (χ0v) is 13.6. The minimum absolute atomic E-state index is 0.393. The van der Waals surface area contributed by atoms with Crippen LogP contribution < -0.4 is 0 Å². The molecule has 0 aliphatic rings. The third kappa shape index (κ3) is 3.31. The number of halogens is 3. The lowest BCUT2D eigenvalue weighted by molar-refractivity contribution is -0.137. The van der Waals surface area contributed by atoms with Crippen molar-refractivity contribution in [2.24, 2.45) is 0 Å². The summed E-state index contributed by atoms with van der Waals surface area (Å²) in [5.41, 5.74) is 1.16. The number of nitrogens with zero attached hydrogens (tertiary/aromatic N) is 3. The van der Waals surface area contributed by atoms with Gasteiger partial charge in [-0.25, -0.2) is 4.68 Å². The predicted molar refractivity (Wildman–Crippen MR) is 93.5 cm³/mol. The van der Waals surface area contributed by atoms with Gasteiger partial charge in [0.1, 0.15) is 5.69 Å². The second-order valence-corrected chi connectivity index (χ2v) is 6.06. The summed E-state index contributed by atoms with van der Waals surface area (Å²) in [6, 6.07) is 19.3. The number of benzene rings is 3. The molecule has 0 saturated heterocycles. The number of hydrogen-bond donors (Lipinski definition) is 0. The van der Waals surface area contributed by atoms with E-state index in [0.29, 0.717) is 17.8 Å². The molecular formula is C20H14F3N3. The molecule has 26 heavy (non-hydrogen) atoms. The Morgan fingerprint density at radius 2 is 1.65 bits per heavy atom. The molecule has 6 heteroatoms. The Kier molecular flexibility index (Phi) is 3.95. The van der Waals surface area contributed by atoms with Gasteiger partial charge < -0.3 is 0 Å². The maximum absolute atomic E-state index is 12.9. The van der Waals surface area contributed by atoms with Crippen LogP contribution in [0, 0.1) is 0 Å². The van der Waals surface area contributed by atoms with Gasteiger partial charge in [-0.1, -0.05) is 53.7 Å². The van der Waals surface area contributed by atoms with Crippen LogP contribution >= 0.6 is 0 Å². The molecule has 1 aromatic heterocycles. The second kappa shape index (κ2) is 6.29. The molecule has 0 amide bonds. The van der Waals surface area contributed by atoms with Gasteiger partial charge >= 0.3 is 6.18 Å². The van der Waals surface area contributed by atoms with Crippen LogP contribution in [-0.2, 0) is 12.7 Å². The standard InChI is InChI=1S/C20H14F3N3/c21-20(22,23)18-7-3-6-17(11-18)19-13-26(25-24-19)12-14-8-9-15-4-1-2-5-16(15)10-14/h1-11,13H,12H2. The average molecular weight is 353 g/mol. The first kappa shape index (κ1) is 16.3. The van der Waals surface area contributed by atoms with E-state index in [4.69, 9.17) is 0 Å². The normalized spacial score (nSPS) is 11.8. The van der Waals surface area contributed by atoms with Crippen LogP contribution in [0.3, 0.4) is 0 Å². The van der Waals surface area contributed by atoms with Gasteiger partial charge in [-0.15, -0.1) is 5.10 Å². The topological polar surface area (TPSA) is 30.7 Å². The van der Waals surface area contributed by atoms with Gasteiger partial charge in [0.15, 0.2) is 0 Å². The van der Waals surface area contributed by atoms with Gasteiger partial charge in [0.2, 0.25) is 0 Å². The highest BCUT2D eigenvalue weighted by atomic mass is 19.4. The van der Waals surface area contributed by atoms with Crippen molar-refractivity contribution in [1.29, 1.82) is 0 Å². The van der Waals surface area contributed by atoms with Crippen molar-refractivity contribution in [3.63, 3.8) is 0 Å². The lowest BCUT2D eigenvalue weighted by Gasteiger charge is -2.07. The predicted octanol–water partition coefficient (Wildman–Crippen LogP) is 5.17. The summed E-state index contributed by atoms with van der Waals surface area (Å²) in [7, 11) is 0.